The van der Waals surface area contributed by atoms with E-state index >= 15 is 0 Å². The van der Waals surface area contributed by atoms with Crippen LogP contribution in [0.1, 0.15) is 25.3 Å². The van der Waals surface area contributed by atoms with Gasteiger partial charge in [-0.2, -0.15) is 0 Å². The summed E-state index contributed by atoms with van der Waals surface area (Å²) in [5.74, 6) is -2.43. The summed E-state index contributed by atoms with van der Waals surface area (Å²) in [5.41, 5.74) is 6.68. The Morgan fingerprint density at radius 1 is 1.21 bits per heavy atom. The molecular formula is C19H23N3O7. The molecule has 0 saturated heterocycles. The summed E-state index contributed by atoms with van der Waals surface area (Å²) in [7, 11) is 1.46. The number of allylic oxidation sites excluding steroid dienone is 1. The van der Waals surface area contributed by atoms with Crippen LogP contribution in [0, 0.1) is 10.1 Å². The van der Waals surface area contributed by atoms with Crippen molar-refractivity contribution in [2.45, 2.75) is 19.8 Å². The lowest BCUT2D eigenvalue weighted by atomic mass is 9.81. The minimum absolute atomic E-state index is 0.00512. The Morgan fingerprint density at radius 3 is 2.52 bits per heavy atom. The molecule has 29 heavy (non-hydrogen) atoms. The second kappa shape index (κ2) is 9.69. The van der Waals surface area contributed by atoms with Crippen molar-refractivity contribution >= 4 is 17.6 Å². The zero-order chi connectivity index (χ0) is 21.6. The standard InChI is InChI=1S/C19H23N3O7/c1-4-28-18(23)14-11(2)21-17(20)16(19(24)29-9-8-27-3)15(14)12-6-5-7-13(10-12)22(25)26/h5-7,10,15,21H,4,8-9,20H2,1-3H3. The molecule has 1 aromatic rings. The lowest BCUT2D eigenvalue weighted by Gasteiger charge is -2.29. The van der Waals surface area contributed by atoms with Gasteiger partial charge in [0.15, 0.2) is 0 Å². The Labute approximate surface area is 167 Å². The van der Waals surface area contributed by atoms with Gasteiger partial charge < -0.3 is 25.3 Å². The predicted molar refractivity (Wildman–Crippen MR) is 102 cm³/mol. The number of esters is 2. The highest BCUT2D eigenvalue weighted by molar-refractivity contribution is 5.99. The second-order valence-electron chi connectivity index (χ2n) is 6.13. The van der Waals surface area contributed by atoms with Crippen molar-refractivity contribution in [3.05, 3.63) is 62.6 Å². The van der Waals surface area contributed by atoms with Crippen molar-refractivity contribution in [1.82, 2.24) is 5.32 Å². The van der Waals surface area contributed by atoms with E-state index in [0.29, 0.717) is 11.3 Å². The number of carbonyl (C=O) groups excluding carboxylic acids is 2. The molecule has 10 nitrogen and oxygen atoms in total. The van der Waals surface area contributed by atoms with Gasteiger partial charge in [-0.25, -0.2) is 9.59 Å². The highest BCUT2D eigenvalue weighted by Gasteiger charge is 2.39. The molecule has 1 heterocycles. The summed E-state index contributed by atoms with van der Waals surface area (Å²) in [6.07, 6.45) is 0. The predicted octanol–water partition coefficient (Wildman–Crippen LogP) is 1.48. The molecule has 0 aromatic heterocycles. The monoisotopic (exact) mass is 405 g/mol. The van der Waals surface area contributed by atoms with Gasteiger partial charge in [0.2, 0.25) is 0 Å². The molecule has 2 rings (SSSR count). The summed E-state index contributed by atoms with van der Waals surface area (Å²) < 4.78 is 15.2. The number of nitrogens with two attached hydrogens (primary N) is 1. The van der Waals surface area contributed by atoms with E-state index < -0.39 is 22.8 Å². The van der Waals surface area contributed by atoms with Crippen LogP contribution in [0.25, 0.3) is 0 Å². The molecule has 1 atom stereocenters. The summed E-state index contributed by atoms with van der Waals surface area (Å²) in [4.78, 5) is 36.1. The fourth-order valence-corrected chi connectivity index (χ4v) is 3.01. The van der Waals surface area contributed by atoms with Gasteiger partial charge in [-0.3, -0.25) is 10.1 Å². The number of methoxy groups -OCH3 is 1. The quantitative estimate of drug-likeness (QED) is 0.284. The number of nitro groups is 1. The van der Waals surface area contributed by atoms with Gasteiger partial charge in [0, 0.05) is 24.9 Å². The topological polar surface area (TPSA) is 143 Å². The summed E-state index contributed by atoms with van der Waals surface area (Å²) in [6.45, 7) is 3.52. The van der Waals surface area contributed by atoms with Gasteiger partial charge in [-0.1, -0.05) is 12.1 Å². The summed E-state index contributed by atoms with van der Waals surface area (Å²) in [5, 5.41) is 14.0. The zero-order valence-electron chi connectivity index (χ0n) is 16.4. The summed E-state index contributed by atoms with van der Waals surface area (Å²) in [6, 6.07) is 5.65. The average molecular weight is 405 g/mol. The molecule has 0 spiro atoms. The third-order valence-electron chi connectivity index (χ3n) is 4.24. The molecule has 0 bridgehead atoms. The molecule has 156 valence electrons. The van der Waals surface area contributed by atoms with E-state index in [9.17, 15) is 19.7 Å². The minimum atomic E-state index is -0.995. The highest BCUT2D eigenvalue weighted by Crippen LogP contribution is 2.39. The molecule has 1 aliphatic heterocycles. The Morgan fingerprint density at radius 2 is 1.90 bits per heavy atom. The first kappa shape index (κ1) is 21.9. The molecule has 0 aliphatic carbocycles. The van der Waals surface area contributed by atoms with Gasteiger partial charge in [-0.05, 0) is 19.4 Å². The van der Waals surface area contributed by atoms with E-state index in [0.717, 1.165) is 0 Å². The van der Waals surface area contributed by atoms with Crippen LogP contribution in [0.3, 0.4) is 0 Å². The highest BCUT2D eigenvalue weighted by atomic mass is 16.6. The maximum Gasteiger partial charge on any atom is 0.338 e. The molecular weight excluding hydrogens is 382 g/mol. The first-order valence-corrected chi connectivity index (χ1v) is 8.86. The Balaban J connectivity index is 2.59. The van der Waals surface area contributed by atoms with E-state index in [-0.39, 0.29) is 42.5 Å². The molecule has 3 N–H and O–H groups in total. The van der Waals surface area contributed by atoms with Gasteiger partial charge in [-0.15, -0.1) is 0 Å². The van der Waals surface area contributed by atoms with E-state index in [1.54, 1.807) is 19.9 Å². The lowest BCUT2D eigenvalue weighted by Crippen LogP contribution is -2.36. The van der Waals surface area contributed by atoms with Crippen LogP contribution < -0.4 is 11.1 Å². The number of nitrogens with zero attached hydrogens (tertiary/aromatic N) is 1. The minimum Gasteiger partial charge on any atom is -0.463 e. The first-order valence-electron chi connectivity index (χ1n) is 8.86. The number of non-ortho nitro benzene ring substituents is 1. The fourth-order valence-electron chi connectivity index (χ4n) is 3.01. The van der Waals surface area contributed by atoms with E-state index in [2.05, 4.69) is 5.32 Å². The SMILES string of the molecule is CCOC(=O)C1=C(C)NC(N)=C(C(=O)OCCOC)C1c1cccc([N+](=O)[O-])c1. The maximum atomic E-state index is 12.8. The van der Waals surface area contributed by atoms with E-state index in [1.807, 2.05) is 0 Å². The molecule has 1 aromatic carbocycles. The number of hydrogen-bond donors (Lipinski definition) is 2. The van der Waals surface area contributed by atoms with Crippen LogP contribution in [0.5, 0.6) is 0 Å². The first-order chi connectivity index (χ1) is 13.8. The molecule has 10 heteroatoms. The lowest BCUT2D eigenvalue weighted by molar-refractivity contribution is -0.384. The Kier molecular flexibility index (Phi) is 7.32. The number of dihydropyridines is 1. The van der Waals surface area contributed by atoms with E-state index in [4.69, 9.17) is 19.9 Å². The van der Waals surface area contributed by atoms with Crippen LogP contribution in [-0.4, -0.2) is 43.8 Å². The van der Waals surface area contributed by atoms with Gasteiger partial charge in [0.25, 0.3) is 5.69 Å². The van der Waals surface area contributed by atoms with E-state index in [1.165, 1.54) is 25.3 Å². The van der Waals surface area contributed by atoms with Crippen LogP contribution in [0.2, 0.25) is 0 Å². The normalized spacial score (nSPS) is 16.3. The summed E-state index contributed by atoms with van der Waals surface area (Å²) >= 11 is 0. The number of ether oxygens (including phenoxy) is 3. The van der Waals surface area contributed by atoms with Crippen LogP contribution in [0.4, 0.5) is 5.69 Å². The van der Waals surface area contributed by atoms with Crippen LogP contribution in [-0.2, 0) is 23.8 Å². The van der Waals surface area contributed by atoms with Crippen LogP contribution >= 0.6 is 0 Å². The number of benzene rings is 1. The van der Waals surface area contributed by atoms with Crippen LogP contribution in [0.15, 0.2) is 46.9 Å². The van der Waals surface area contributed by atoms with Crippen molar-refractivity contribution in [3.8, 4) is 0 Å². The van der Waals surface area contributed by atoms with Crippen molar-refractivity contribution in [2.24, 2.45) is 5.73 Å². The molecule has 0 radical (unpaired) electrons. The molecule has 1 unspecified atom stereocenters. The van der Waals surface area contributed by atoms with Crippen molar-refractivity contribution < 1.29 is 28.7 Å². The van der Waals surface area contributed by atoms with Gasteiger partial charge >= 0.3 is 11.9 Å². The number of hydrogen-bond acceptors (Lipinski definition) is 9. The second-order valence-corrected chi connectivity index (χ2v) is 6.13. The van der Waals surface area contributed by atoms with Gasteiger partial charge in [0.05, 0.1) is 35.2 Å². The van der Waals surface area contributed by atoms with Gasteiger partial charge in [0.1, 0.15) is 12.4 Å². The third-order valence-corrected chi connectivity index (χ3v) is 4.24. The Hall–Kier alpha value is -3.40. The molecule has 1 aliphatic rings. The maximum absolute atomic E-state index is 12.8. The number of nitrogens with one attached hydrogen (secondary N) is 1. The largest absolute Gasteiger partial charge is 0.463 e. The zero-order valence-corrected chi connectivity index (χ0v) is 16.4. The molecule has 0 saturated carbocycles. The fraction of sp³-hybridized carbons (Fsp3) is 0.368. The number of carbonyl (C=O) groups is 2. The van der Waals surface area contributed by atoms with Crippen molar-refractivity contribution in [3.63, 3.8) is 0 Å². The molecule has 0 amide bonds. The molecule has 0 fully saturated rings. The smallest absolute Gasteiger partial charge is 0.338 e. The average Bonchev–Trinajstić information content (AvgIpc) is 2.67. The van der Waals surface area contributed by atoms with Crippen molar-refractivity contribution in [2.75, 3.05) is 26.9 Å². The van der Waals surface area contributed by atoms with Crippen molar-refractivity contribution in [1.29, 1.82) is 0 Å². The Bertz CT molecular complexity index is 876. The number of nitro benzene ring substituents is 1. The third kappa shape index (κ3) is 4.91. The number of rotatable bonds is 8.